The first-order valence-corrected chi connectivity index (χ1v) is 15.3. The zero-order valence-corrected chi connectivity index (χ0v) is 26.4. The minimum absolute atomic E-state index is 0.0371. The van der Waals surface area contributed by atoms with Crippen LogP contribution in [0.15, 0.2) is 36.4 Å². The fraction of sp³-hybridized carbons (Fsp3) is 0.472. The summed E-state index contributed by atoms with van der Waals surface area (Å²) in [5.41, 5.74) is -3.14. The third-order valence-corrected chi connectivity index (χ3v) is 10.5. The van der Waals surface area contributed by atoms with Crippen LogP contribution in [0.4, 0.5) is 0 Å². The first-order chi connectivity index (χ1) is 20.9. The third kappa shape index (κ3) is 4.49. The van der Waals surface area contributed by atoms with Gasteiger partial charge in [0.05, 0.1) is 11.5 Å². The number of Topliss-reactive ketones (excluding diaryl/α,β-unsaturated/α-hetero) is 7. The molecular weight excluding hydrogens is 576 g/mol. The number of aliphatic hydroxyl groups is 1. The van der Waals surface area contributed by atoms with Gasteiger partial charge in [0.25, 0.3) is 0 Å². The number of phenols is 1. The molecule has 3 aliphatic carbocycles. The zero-order valence-electron chi connectivity index (χ0n) is 26.4. The lowest BCUT2D eigenvalue weighted by Gasteiger charge is -2.61. The smallest absolute Gasteiger partial charge is 0.202 e. The molecular formula is C36H38O9. The van der Waals surface area contributed by atoms with Gasteiger partial charge < -0.3 is 10.2 Å². The Hall–Kier alpha value is -4.11. The lowest BCUT2D eigenvalue weighted by molar-refractivity contribution is -0.205. The summed E-state index contributed by atoms with van der Waals surface area (Å²) in [6, 6.07) is 9.96. The molecule has 2 saturated carbocycles. The molecule has 2 aromatic carbocycles. The maximum Gasteiger partial charge on any atom is 0.202 e. The second-order valence-corrected chi connectivity index (χ2v) is 13.9. The van der Waals surface area contributed by atoms with E-state index in [-0.39, 0.29) is 37.0 Å². The summed E-state index contributed by atoms with van der Waals surface area (Å²) in [7, 11) is 0. The molecule has 0 aliphatic heterocycles. The highest BCUT2D eigenvalue weighted by molar-refractivity contribution is 6.37. The Morgan fingerprint density at radius 3 is 2.11 bits per heavy atom. The predicted octanol–water partition coefficient (Wildman–Crippen LogP) is 3.85. The van der Waals surface area contributed by atoms with E-state index in [1.165, 1.54) is 13.0 Å². The van der Waals surface area contributed by atoms with E-state index in [1.54, 1.807) is 58.0 Å². The number of hydrogen-bond acceptors (Lipinski definition) is 9. The topological polar surface area (TPSA) is 160 Å². The summed E-state index contributed by atoms with van der Waals surface area (Å²) in [6.45, 7) is 9.46. The van der Waals surface area contributed by atoms with Crippen LogP contribution in [0, 0.1) is 34.5 Å². The van der Waals surface area contributed by atoms with Crippen LogP contribution in [0.5, 0.6) is 5.75 Å². The summed E-state index contributed by atoms with van der Waals surface area (Å²) in [4.78, 5) is 92.6. The van der Waals surface area contributed by atoms with Crippen molar-refractivity contribution < 1.29 is 43.8 Å². The average molecular weight is 615 g/mol. The number of ketones is 7. The molecule has 236 valence electrons. The molecule has 0 amide bonds. The van der Waals surface area contributed by atoms with Crippen molar-refractivity contribution in [1.82, 2.24) is 0 Å². The monoisotopic (exact) mass is 614 g/mol. The van der Waals surface area contributed by atoms with Crippen LogP contribution in [0.3, 0.4) is 0 Å². The van der Waals surface area contributed by atoms with Crippen molar-refractivity contribution in [2.24, 2.45) is 34.5 Å². The van der Waals surface area contributed by atoms with E-state index in [1.807, 2.05) is 0 Å². The van der Waals surface area contributed by atoms with E-state index in [0.29, 0.717) is 22.3 Å². The molecule has 45 heavy (non-hydrogen) atoms. The van der Waals surface area contributed by atoms with Crippen LogP contribution in [0.25, 0.3) is 11.1 Å². The molecule has 6 atom stereocenters. The molecule has 0 bridgehead atoms. The van der Waals surface area contributed by atoms with E-state index in [0.717, 1.165) is 6.92 Å². The Morgan fingerprint density at radius 2 is 1.56 bits per heavy atom. The molecule has 0 heterocycles. The molecule has 2 aromatic rings. The summed E-state index contributed by atoms with van der Waals surface area (Å²) in [5, 5.41) is 23.1. The standard InChI is InChI=1S/C36H38O9/c1-7-23(38)25(40)14-19-8-10-20(11-9-19)21-12-13-24(39)27-22(21)15-34(5)16-35(6)28(17(2)3)30(41)26(18(4)37)32(43)36(35,45)33(44)29(34)31(27)42/h8-13,17,26,28-29,39,45H,7,14-16H2,1-6H3/t26?,28?,29?,34-,35-,36+/m1/s1. The van der Waals surface area contributed by atoms with Crippen LogP contribution in [-0.2, 0) is 41.6 Å². The predicted molar refractivity (Wildman–Crippen MR) is 162 cm³/mol. The Balaban J connectivity index is 1.63. The second-order valence-electron chi connectivity index (χ2n) is 13.9. The van der Waals surface area contributed by atoms with Gasteiger partial charge in [-0.3, -0.25) is 33.6 Å². The van der Waals surface area contributed by atoms with Crippen molar-refractivity contribution in [3.8, 4) is 16.9 Å². The maximum absolute atomic E-state index is 14.4. The van der Waals surface area contributed by atoms with Crippen molar-refractivity contribution in [1.29, 1.82) is 0 Å². The number of hydrogen-bond donors (Lipinski definition) is 2. The molecule has 9 nitrogen and oxygen atoms in total. The minimum atomic E-state index is -2.75. The van der Waals surface area contributed by atoms with E-state index >= 15 is 0 Å². The number of fused-ring (bicyclic) bond motifs is 3. The summed E-state index contributed by atoms with van der Waals surface area (Å²) >= 11 is 0. The highest BCUT2D eigenvalue weighted by Gasteiger charge is 2.76. The summed E-state index contributed by atoms with van der Waals surface area (Å²) in [5.74, 6) is -10.3. The van der Waals surface area contributed by atoms with Gasteiger partial charge >= 0.3 is 0 Å². The lowest BCUT2D eigenvalue weighted by Crippen LogP contribution is -2.76. The number of benzene rings is 2. The van der Waals surface area contributed by atoms with E-state index in [4.69, 9.17) is 0 Å². The van der Waals surface area contributed by atoms with Gasteiger partial charge in [0.15, 0.2) is 34.5 Å². The molecule has 0 radical (unpaired) electrons. The molecule has 9 heteroatoms. The van der Waals surface area contributed by atoms with Crippen molar-refractivity contribution in [3.05, 3.63) is 53.1 Å². The van der Waals surface area contributed by atoms with Gasteiger partial charge in [-0.25, -0.2) is 0 Å². The lowest BCUT2D eigenvalue weighted by atomic mass is 9.40. The van der Waals surface area contributed by atoms with Crippen LogP contribution < -0.4 is 0 Å². The van der Waals surface area contributed by atoms with E-state index in [9.17, 15) is 43.8 Å². The van der Waals surface area contributed by atoms with E-state index in [2.05, 4.69) is 0 Å². The Bertz CT molecular complexity index is 1700. The summed E-state index contributed by atoms with van der Waals surface area (Å²) in [6.07, 6.45) is 0.168. The minimum Gasteiger partial charge on any atom is -0.507 e. The van der Waals surface area contributed by atoms with E-state index < -0.39 is 80.6 Å². The van der Waals surface area contributed by atoms with Crippen molar-refractivity contribution in [3.63, 3.8) is 0 Å². The summed E-state index contributed by atoms with van der Waals surface area (Å²) < 4.78 is 0. The highest BCUT2D eigenvalue weighted by Crippen LogP contribution is 2.64. The average Bonchev–Trinajstić information content (AvgIpc) is 2.94. The van der Waals surface area contributed by atoms with Crippen LogP contribution in [-0.4, -0.2) is 56.3 Å². The fourth-order valence-electron chi connectivity index (χ4n) is 8.69. The zero-order chi connectivity index (χ0) is 33.4. The van der Waals surface area contributed by atoms with Crippen LogP contribution in [0.1, 0.15) is 75.9 Å². The van der Waals surface area contributed by atoms with Crippen molar-refractivity contribution in [2.45, 2.75) is 72.8 Å². The van der Waals surface area contributed by atoms with Gasteiger partial charge in [-0.1, -0.05) is 65.0 Å². The van der Waals surface area contributed by atoms with Gasteiger partial charge in [-0.2, -0.15) is 0 Å². The Kier molecular flexibility index (Phi) is 7.72. The first kappa shape index (κ1) is 32.3. The number of aromatic hydroxyl groups is 1. The highest BCUT2D eigenvalue weighted by atomic mass is 16.3. The van der Waals surface area contributed by atoms with Gasteiger partial charge in [0.1, 0.15) is 17.5 Å². The van der Waals surface area contributed by atoms with Gasteiger partial charge in [-0.15, -0.1) is 0 Å². The number of rotatable bonds is 7. The van der Waals surface area contributed by atoms with Crippen LogP contribution in [0.2, 0.25) is 0 Å². The molecule has 2 fully saturated rings. The number of carbonyl (C=O) groups excluding carboxylic acids is 7. The Labute approximate surface area is 261 Å². The van der Waals surface area contributed by atoms with Crippen LogP contribution >= 0.6 is 0 Å². The quantitative estimate of drug-likeness (QED) is 0.349. The van der Waals surface area contributed by atoms with Crippen molar-refractivity contribution >= 4 is 40.5 Å². The molecule has 3 aliphatic rings. The second kappa shape index (κ2) is 10.8. The fourth-order valence-corrected chi connectivity index (χ4v) is 8.69. The van der Waals surface area contributed by atoms with Crippen molar-refractivity contribution in [2.75, 3.05) is 0 Å². The Morgan fingerprint density at radius 1 is 0.933 bits per heavy atom. The molecule has 5 rings (SSSR count). The largest absolute Gasteiger partial charge is 0.507 e. The number of phenolic OH excluding ortho intramolecular Hbond substituents is 1. The molecule has 0 aromatic heterocycles. The van der Waals surface area contributed by atoms with Gasteiger partial charge in [0, 0.05) is 24.2 Å². The SMILES string of the molecule is CCC(=O)C(=O)Cc1ccc(-c2ccc(O)c3c2C[C@]2(C)C[C@]4(C)C(C(C)C)C(=O)C(C(C)=O)C(=O)[C@]4(O)C(=O)C2C3=O)cc1. The third-order valence-electron chi connectivity index (χ3n) is 10.5. The normalized spacial score (nSPS) is 30.9. The van der Waals surface area contributed by atoms with Gasteiger partial charge in [-0.05, 0) is 59.4 Å². The molecule has 3 unspecified atom stereocenters. The number of carbonyl (C=O) groups is 7. The van der Waals surface area contributed by atoms with Gasteiger partial charge in [0.2, 0.25) is 5.78 Å². The maximum atomic E-state index is 14.4. The first-order valence-electron chi connectivity index (χ1n) is 15.3. The molecule has 2 N–H and O–H groups in total. The molecule has 0 spiro atoms. The molecule has 0 saturated heterocycles.